The summed E-state index contributed by atoms with van der Waals surface area (Å²) in [7, 11) is 0. The van der Waals surface area contributed by atoms with Crippen molar-refractivity contribution in [3.8, 4) is 11.4 Å². The molecule has 11 heteroatoms. The number of halogens is 2. The number of alkyl halides is 2. The summed E-state index contributed by atoms with van der Waals surface area (Å²) in [4.78, 5) is 23.9. The molecule has 0 unspecified atom stereocenters. The number of carbonyl (C=O) groups is 2. The fourth-order valence-electron chi connectivity index (χ4n) is 2.16. The first-order chi connectivity index (χ1) is 13.5. The zero-order chi connectivity index (χ0) is 19.9. The first kappa shape index (κ1) is 18.9. The summed E-state index contributed by atoms with van der Waals surface area (Å²) >= 11 is 0. The van der Waals surface area contributed by atoms with E-state index in [-0.39, 0.29) is 11.3 Å². The van der Waals surface area contributed by atoms with Gasteiger partial charge in [0, 0.05) is 5.69 Å². The first-order valence-corrected chi connectivity index (χ1v) is 7.86. The minimum atomic E-state index is -2.93. The van der Waals surface area contributed by atoms with Crippen molar-refractivity contribution in [3.05, 3.63) is 60.4 Å². The molecule has 3 rings (SSSR count). The van der Waals surface area contributed by atoms with Gasteiger partial charge in [-0.05, 0) is 59.0 Å². The van der Waals surface area contributed by atoms with E-state index in [1.165, 1.54) is 47.4 Å². The summed E-state index contributed by atoms with van der Waals surface area (Å²) in [6, 6.07) is 11.6. The molecule has 0 bridgehead atoms. The number of rotatable bonds is 7. The van der Waals surface area contributed by atoms with Crippen LogP contribution in [0.2, 0.25) is 0 Å². The van der Waals surface area contributed by atoms with E-state index in [4.69, 9.17) is 4.74 Å². The Morgan fingerprint density at radius 1 is 1.07 bits per heavy atom. The van der Waals surface area contributed by atoms with Crippen LogP contribution < -0.4 is 10.1 Å². The topological polar surface area (TPSA) is 108 Å². The van der Waals surface area contributed by atoms with Crippen molar-refractivity contribution >= 4 is 17.6 Å². The molecule has 0 aliphatic carbocycles. The predicted molar refractivity (Wildman–Crippen MR) is 91.1 cm³/mol. The summed E-state index contributed by atoms with van der Waals surface area (Å²) in [6.45, 7) is -3.44. The van der Waals surface area contributed by atoms with Gasteiger partial charge in [-0.2, -0.15) is 8.78 Å². The number of anilines is 1. The van der Waals surface area contributed by atoms with Crippen LogP contribution in [0.4, 0.5) is 14.5 Å². The molecular formula is C17H13F2N5O4. The lowest BCUT2D eigenvalue weighted by Gasteiger charge is -2.08. The maximum atomic E-state index is 12.1. The molecule has 0 atom stereocenters. The van der Waals surface area contributed by atoms with Gasteiger partial charge in [-0.15, -0.1) is 5.10 Å². The second-order valence-corrected chi connectivity index (χ2v) is 5.33. The molecule has 1 aromatic heterocycles. The van der Waals surface area contributed by atoms with Gasteiger partial charge in [0.1, 0.15) is 12.1 Å². The molecule has 28 heavy (non-hydrogen) atoms. The molecule has 1 N–H and O–H groups in total. The van der Waals surface area contributed by atoms with E-state index in [1.54, 1.807) is 12.1 Å². The van der Waals surface area contributed by atoms with Crippen LogP contribution in [-0.2, 0) is 9.53 Å². The third-order valence-electron chi connectivity index (χ3n) is 3.41. The van der Waals surface area contributed by atoms with Crippen molar-refractivity contribution in [1.29, 1.82) is 0 Å². The molecular weight excluding hydrogens is 376 g/mol. The monoisotopic (exact) mass is 389 g/mol. The molecule has 1 heterocycles. The Morgan fingerprint density at radius 2 is 1.79 bits per heavy atom. The highest BCUT2D eigenvalue weighted by Gasteiger charge is 2.11. The lowest BCUT2D eigenvalue weighted by Crippen LogP contribution is -2.20. The largest absolute Gasteiger partial charge is 0.452 e. The summed E-state index contributed by atoms with van der Waals surface area (Å²) < 4.78 is 34.8. The Morgan fingerprint density at radius 3 is 2.39 bits per heavy atom. The van der Waals surface area contributed by atoms with Gasteiger partial charge in [0.05, 0.1) is 11.3 Å². The zero-order valence-electron chi connectivity index (χ0n) is 14.2. The van der Waals surface area contributed by atoms with Crippen molar-refractivity contribution in [1.82, 2.24) is 20.2 Å². The standard InChI is InChI=1S/C17H13F2N5O4/c18-17(19)28-14-7-3-12(4-8-14)21-15(25)9-27-16(26)11-1-5-13(6-2-11)24-10-20-22-23-24/h1-8,10,17H,9H2,(H,21,25). The van der Waals surface area contributed by atoms with Crippen molar-refractivity contribution < 1.29 is 27.8 Å². The molecule has 9 nitrogen and oxygen atoms in total. The van der Waals surface area contributed by atoms with Gasteiger partial charge < -0.3 is 14.8 Å². The Hall–Kier alpha value is -3.89. The second kappa shape index (κ2) is 8.66. The molecule has 0 spiro atoms. The van der Waals surface area contributed by atoms with Gasteiger partial charge in [0.25, 0.3) is 5.91 Å². The van der Waals surface area contributed by atoms with Crippen LogP contribution in [0.3, 0.4) is 0 Å². The van der Waals surface area contributed by atoms with Crippen molar-refractivity contribution in [3.63, 3.8) is 0 Å². The Bertz CT molecular complexity index is 931. The number of ether oxygens (including phenoxy) is 2. The SMILES string of the molecule is O=C(COC(=O)c1ccc(-n2cnnn2)cc1)Nc1ccc(OC(F)F)cc1. The van der Waals surface area contributed by atoms with Gasteiger partial charge in [0.15, 0.2) is 6.61 Å². The third-order valence-corrected chi connectivity index (χ3v) is 3.41. The smallest absolute Gasteiger partial charge is 0.387 e. The highest BCUT2D eigenvalue weighted by molar-refractivity contribution is 5.95. The van der Waals surface area contributed by atoms with Gasteiger partial charge in [0.2, 0.25) is 0 Å². The lowest BCUT2D eigenvalue weighted by molar-refractivity contribution is -0.119. The average Bonchev–Trinajstić information content (AvgIpc) is 3.22. The minimum Gasteiger partial charge on any atom is -0.452 e. The van der Waals surface area contributed by atoms with Crippen LogP contribution in [0.25, 0.3) is 5.69 Å². The second-order valence-electron chi connectivity index (χ2n) is 5.33. The van der Waals surface area contributed by atoms with E-state index in [1.807, 2.05) is 0 Å². The van der Waals surface area contributed by atoms with E-state index in [0.29, 0.717) is 11.4 Å². The average molecular weight is 389 g/mol. The van der Waals surface area contributed by atoms with Crippen LogP contribution in [0.1, 0.15) is 10.4 Å². The van der Waals surface area contributed by atoms with Gasteiger partial charge in [-0.3, -0.25) is 4.79 Å². The number of benzene rings is 2. The maximum Gasteiger partial charge on any atom is 0.387 e. The van der Waals surface area contributed by atoms with Crippen LogP contribution >= 0.6 is 0 Å². The summed E-state index contributed by atoms with van der Waals surface area (Å²) in [6.07, 6.45) is 1.41. The van der Waals surface area contributed by atoms with Crippen LogP contribution in [0, 0.1) is 0 Å². The van der Waals surface area contributed by atoms with E-state index >= 15 is 0 Å². The highest BCUT2D eigenvalue weighted by atomic mass is 19.3. The first-order valence-electron chi connectivity index (χ1n) is 7.86. The highest BCUT2D eigenvalue weighted by Crippen LogP contribution is 2.17. The summed E-state index contributed by atoms with van der Waals surface area (Å²) in [5, 5.41) is 13.2. The Labute approximate surface area is 156 Å². The number of amides is 1. The third kappa shape index (κ3) is 5.06. The molecule has 0 saturated carbocycles. The molecule has 1 amide bonds. The van der Waals surface area contributed by atoms with Crippen molar-refractivity contribution in [2.24, 2.45) is 0 Å². The Kier molecular flexibility index (Phi) is 5.84. The number of aromatic nitrogens is 4. The van der Waals surface area contributed by atoms with Gasteiger partial charge in [-0.25, -0.2) is 9.48 Å². The van der Waals surface area contributed by atoms with Gasteiger partial charge in [-0.1, -0.05) is 0 Å². The maximum absolute atomic E-state index is 12.1. The number of hydrogen-bond acceptors (Lipinski definition) is 7. The summed E-state index contributed by atoms with van der Waals surface area (Å²) in [5.74, 6) is -1.30. The number of hydrogen-bond donors (Lipinski definition) is 1. The Balaban J connectivity index is 1.49. The zero-order valence-corrected chi connectivity index (χ0v) is 14.2. The molecule has 3 aromatic rings. The van der Waals surface area contributed by atoms with Gasteiger partial charge >= 0.3 is 12.6 Å². The van der Waals surface area contributed by atoms with Crippen molar-refractivity contribution in [2.75, 3.05) is 11.9 Å². The van der Waals surface area contributed by atoms with E-state index in [0.717, 1.165) is 0 Å². The van der Waals surface area contributed by atoms with Crippen LogP contribution in [-0.4, -0.2) is 45.3 Å². The number of nitrogens with one attached hydrogen (secondary N) is 1. The number of nitrogens with zero attached hydrogens (tertiary/aromatic N) is 4. The molecule has 0 aliphatic heterocycles. The molecule has 0 saturated heterocycles. The van der Waals surface area contributed by atoms with Crippen molar-refractivity contribution in [2.45, 2.75) is 6.61 Å². The molecule has 0 fully saturated rings. The van der Waals surface area contributed by atoms with E-state index in [2.05, 4.69) is 25.6 Å². The molecule has 0 radical (unpaired) electrons. The minimum absolute atomic E-state index is 0.0375. The molecule has 144 valence electrons. The summed E-state index contributed by atoms with van der Waals surface area (Å²) in [5.41, 5.74) is 1.24. The number of tetrazole rings is 1. The number of carbonyl (C=O) groups excluding carboxylic acids is 2. The molecule has 0 aliphatic rings. The molecule has 2 aromatic carbocycles. The van der Waals surface area contributed by atoms with Crippen LogP contribution in [0.15, 0.2) is 54.9 Å². The normalized spacial score (nSPS) is 10.5. The fraction of sp³-hybridized carbons (Fsp3) is 0.118. The quantitative estimate of drug-likeness (QED) is 0.616. The van der Waals surface area contributed by atoms with E-state index in [9.17, 15) is 18.4 Å². The lowest BCUT2D eigenvalue weighted by atomic mass is 10.2. The van der Waals surface area contributed by atoms with E-state index < -0.39 is 25.1 Å². The fourth-order valence-corrected chi connectivity index (χ4v) is 2.16. The van der Waals surface area contributed by atoms with Crippen LogP contribution in [0.5, 0.6) is 5.75 Å². The predicted octanol–water partition coefficient (Wildman–Crippen LogP) is 2.06. The number of esters is 1.